The molecule has 4 aliphatic rings. The van der Waals surface area contributed by atoms with Crippen LogP contribution in [0.3, 0.4) is 0 Å². The normalized spacial score (nSPS) is 15.0. The summed E-state index contributed by atoms with van der Waals surface area (Å²) >= 11 is 0. The Morgan fingerprint density at radius 2 is 0.796 bits per heavy atom. The van der Waals surface area contributed by atoms with Crippen LogP contribution in [-0.4, -0.2) is 163 Å². The van der Waals surface area contributed by atoms with Crippen LogP contribution in [0, 0.1) is 0 Å². The number of aliphatic hydroxyl groups excluding tert-OH is 1. The predicted octanol–water partition coefficient (Wildman–Crippen LogP) is 16.8. The van der Waals surface area contributed by atoms with Crippen molar-refractivity contribution in [2.45, 2.75) is 104 Å². The number of para-hydroxylation sites is 1. The van der Waals surface area contributed by atoms with E-state index in [4.69, 9.17) is 24.1 Å². The molecule has 4 aliphatic heterocycles. The monoisotopic (exact) mass is 1470 g/mol. The summed E-state index contributed by atoms with van der Waals surface area (Å²) in [5.74, 6) is 2.29. The number of aliphatic imine (C=N–C) groups is 9. The van der Waals surface area contributed by atoms with Gasteiger partial charge in [-0.15, -0.1) is 0 Å². The zero-order valence-corrected chi connectivity index (χ0v) is 62.8. The van der Waals surface area contributed by atoms with E-state index in [1.165, 1.54) is 53.3 Å². The molecular formula is C88H104N14O5S. The van der Waals surface area contributed by atoms with Crippen LogP contribution < -0.4 is 0 Å². The first-order valence-corrected chi connectivity index (χ1v) is 36.4. The molecule has 0 fully saturated rings. The topological polar surface area (TPSA) is 233 Å². The van der Waals surface area contributed by atoms with Crippen LogP contribution in [0.15, 0.2) is 300 Å². The van der Waals surface area contributed by atoms with E-state index in [0.717, 1.165) is 79.4 Å². The van der Waals surface area contributed by atoms with Crippen LogP contribution in [0.2, 0.25) is 0 Å². The molecule has 562 valence electrons. The highest BCUT2D eigenvalue weighted by molar-refractivity contribution is 7.59. The maximum absolute atomic E-state index is 8.41. The van der Waals surface area contributed by atoms with Gasteiger partial charge in [0.05, 0.1) is 84.4 Å². The van der Waals surface area contributed by atoms with Crippen molar-refractivity contribution >= 4 is 79.1 Å². The van der Waals surface area contributed by atoms with Crippen LogP contribution in [0.5, 0.6) is 0 Å². The van der Waals surface area contributed by atoms with Crippen molar-refractivity contribution < 1.29 is 24.1 Å². The number of pyridine rings is 5. The Bertz CT molecular complexity index is 4140. The van der Waals surface area contributed by atoms with Crippen molar-refractivity contribution in [3.63, 3.8) is 0 Å². The van der Waals surface area contributed by atoms with Crippen LogP contribution in [0.1, 0.15) is 130 Å². The largest absolute Gasteiger partial charge is 0.472 e. The van der Waals surface area contributed by atoms with Gasteiger partial charge in [0.25, 0.3) is 23.6 Å². The molecule has 108 heavy (non-hydrogen) atoms. The lowest BCUT2D eigenvalue weighted by atomic mass is 10.1. The van der Waals surface area contributed by atoms with Gasteiger partial charge in [-0.05, 0) is 122 Å². The number of rotatable bonds is 24. The number of fused-ring (bicyclic) bond motifs is 1. The molecule has 19 nitrogen and oxygen atoms in total. The quantitative estimate of drug-likeness (QED) is 0.0444. The molecule has 1 N–H and O–H groups in total. The maximum atomic E-state index is 8.41. The van der Waals surface area contributed by atoms with Gasteiger partial charge in [-0.25, -0.2) is 25.0 Å². The number of aliphatic hydroxyl groups is 1. The van der Waals surface area contributed by atoms with E-state index in [9.17, 15) is 0 Å². The van der Waals surface area contributed by atoms with Gasteiger partial charge < -0.3 is 24.1 Å². The summed E-state index contributed by atoms with van der Waals surface area (Å²) in [7, 11) is 0. The van der Waals surface area contributed by atoms with E-state index in [2.05, 4.69) is 158 Å². The highest BCUT2D eigenvalue weighted by atomic mass is 32.1. The molecule has 0 bridgehead atoms. The Morgan fingerprint density at radius 1 is 0.407 bits per heavy atom. The Hall–Kier alpha value is -11.4. The molecule has 0 spiro atoms. The maximum Gasteiger partial charge on any atom is 0.273 e. The predicted molar refractivity (Wildman–Crippen MR) is 451 cm³/mol. The van der Waals surface area contributed by atoms with Gasteiger partial charge in [0, 0.05) is 74.3 Å². The minimum atomic E-state index is 0. The smallest absolute Gasteiger partial charge is 0.273 e. The van der Waals surface area contributed by atoms with E-state index in [-0.39, 0.29) is 51.7 Å². The van der Waals surface area contributed by atoms with Crippen molar-refractivity contribution in [3.05, 3.63) is 306 Å². The molecule has 0 saturated carbocycles. The number of ether oxygens (including phenoxy) is 4. The lowest BCUT2D eigenvalue weighted by Gasteiger charge is -2.05. The molecule has 9 heterocycles. The molecule has 5 aromatic heterocycles. The molecule has 10 aromatic rings. The van der Waals surface area contributed by atoms with Gasteiger partial charge in [-0.1, -0.05) is 210 Å². The third-order valence-electron chi connectivity index (χ3n) is 15.8. The Kier molecular flexibility index (Phi) is 41.7. The Balaban J connectivity index is 0.000000200. The van der Waals surface area contributed by atoms with Crippen molar-refractivity contribution in [1.82, 2.24) is 24.9 Å². The SMILES string of the molecule is C.C1COC(C2=NCCO2)=N1.CC(N=Cc1ccccn1)c1ccccc1.CC(N=Cc1ccccn1)c1ccccc1.CCCCCN=Cc1ccc2ccccc2n1.CCCCN=Cc1ccccn1.OCCN=Cc1ccccn1.S.c1ccc(CC2COC(C3=NC(Cc4ccccc4)CO3)=N2)cc1. The lowest BCUT2D eigenvalue weighted by molar-refractivity contribution is 0.293. The first-order chi connectivity index (χ1) is 52.3. The lowest BCUT2D eigenvalue weighted by Crippen LogP contribution is -2.14. The summed E-state index contributed by atoms with van der Waals surface area (Å²) in [6.07, 6.45) is 23.8. The fourth-order valence-corrected chi connectivity index (χ4v) is 10.2. The van der Waals surface area contributed by atoms with Gasteiger partial charge in [-0.2, -0.15) is 13.5 Å². The molecule has 20 heteroatoms. The van der Waals surface area contributed by atoms with Gasteiger partial charge in [0.15, 0.2) is 0 Å². The van der Waals surface area contributed by atoms with Crippen molar-refractivity contribution in [1.29, 1.82) is 0 Å². The third kappa shape index (κ3) is 33.8. The molecule has 0 radical (unpaired) electrons. The zero-order valence-electron chi connectivity index (χ0n) is 61.8. The van der Waals surface area contributed by atoms with E-state index in [0.29, 0.717) is 56.6 Å². The third-order valence-corrected chi connectivity index (χ3v) is 15.8. The molecule has 0 saturated heterocycles. The molecule has 0 amide bonds. The summed E-state index contributed by atoms with van der Waals surface area (Å²) in [5, 5.41) is 9.59. The van der Waals surface area contributed by atoms with E-state index < -0.39 is 0 Å². The van der Waals surface area contributed by atoms with E-state index in [1.807, 2.05) is 195 Å². The number of unbranched alkanes of at least 4 members (excludes halogenated alkanes) is 3. The second-order valence-corrected chi connectivity index (χ2v) is 24.3. The number of hydrogen-bond donors (Lipinski definition) is 1. The van der Waals surface area contributed by atoms with Crippen molar-refractivity contribution in [3.8, 4) is 0 Å². The molecule has 14 rings (SSSR count). The van der Waals surface area contributed by atoms with Crippen molar-refractivity contribution in [2.75, 3.05) is 65.8 Å². The Morgan fingerprint density at radius 3 is 1.20 bits per heavy atom. The second kappa shape index (κ2) is 52.6. The van der Waals surface area contributed by atoms with Crippen LogP contribution in [-0.2, 0) is 31.8 Å². The van der Waals surface area contributed by atoms with Crippen LogP contribution in [0.4, 0.5) is 0 Å². The number of hydrogen-bond acceptors (Lipinski definition) is 19. The summed E-state index contributed by atoms with van der Waals surface area (Å²) in [6, 6.07) is 77.1. The van der Waals surface area contributed by atoms with Crippen molar-refractivity contribution in [2.24, 2.45) is 44.9 Å². The number of benzene rings is 5. The first kappa shape index (κ1) is 85.6. The summed E-state index contributed by atoms with van der Waals surface area (Å²) in [5.41, 5.74) is 10.5. The number of nitrogens with zero attached hydrogens (tertiary/aromatic N) is 14. The van der Waals surface area contributed by atoms with Gasteiger partial charge in [0.2, 0.25) is 0 Å². The summed E-state index contributed by atoms with van der Waals surface area (Å²) in [6.45, 7) is 14.8. The first-order valence-electron chi connectivity index (χ1n) is 36.4. The highest BCUT2D eigenvalue weighted by Gasteiger charge is 2.29. The van der Waals surface area contributed by atoms with Crippen LogP contribution in [0.25, 0.3) is 10.9 Å². The zero-order chi connectivity index (χ0) is 74.0. The standard InChI is InChI=1S/C20H20N2O2.C15H18N2.2C14H14N2.C10H14N2.C8H10N2O.C6H8N2O2.CH4.H2S/c1-3-7-15(8-4-1)11-17-13-23-19(21-17)20-22-18(14-24-20)12-16-9-5-2-6-10-16;1-2-3-6-11-16-12-14-10-9-13-7-4-5-8-15(13)17-14;2*1-12(13-7-3-2-4-8-13)16-11-14-9-5-6-10-15-14;1-2-3-7-11-9-10-6-4-5-8-12-10;11-6-5-9-7-8-3-1-2-4-10-8;1-3-9-5(7-1)6-8-2-4-10-6;;/h1-10,17-18H,11-14H2;4-5,7-10,12H,2-3,6,11H2,1H3;2*2-12H,1H3;4-6,8-9H,2-3,7H2,1H3;1-4,7,11H,5-6H2;1-4H2;1H4;1H2. The summed E-state index contributed by atoms with van der Waals surface area (Å²) in [4.78, 5) is 60.0. The minimum Gasteiger partial charge on any atom is -0.472 e. The number of aromatic nitrogens is 5. The van der Waals surface area contributed by atoms with Gasteiger partial charge >= 0.3 is 0 Å². The average molecular weight is 1470 g/mol. The minimum absolute atomic E-state index is 0. The molecule has 5 aromatic carbocycles. The molecule has 4 unspecified atom stereocenters. The molecule has 0 aliphatic carbocycles. The second-order valence-electron chi connectivity index (χ2n) is 24.3. The van der Waals surface area contributed by atoms with Gasteiger partial charge in [-0.3, -0.25) is 44.9 Å². The molecular weight excluding hydrogens is 1370 g/mol. The van der Waals surface area contributed by atoms with E-state index >= 15 is 0 Å². The average Bonchev–Trinajstić information content (AvgIpc) is 1.57. The van der Waals surface area contributed by atoms with Crippen LogP contribution >= 0.6 is 13.5 Å². The fourth-order valence-electron chi connectivity index (χ4n) is 10.2. The Labute approximate surface area is 645 Å². The fraction of sp³-hybridized carbons (Fsp3) is 0.295. The molecule has 4 atom stereocenters. The van der Waals surface area contributed by atoms with Gasteiger partial charge in [0.1, 0.15) is 26.4 Å². The summed E-state index contributed by atoms with van der Waals surface area (Å²) < 4.78 is 21.7. The van der Waals surface area contributed by atoms with E-state index in [1.54, 1.807) is 31.0 Å². The highest BCUT2D eigenvalue weighted by Crippen LogP contribution is 2.20.